The SMILES string of the molecule is C=CCCCOC(=O)[C@H]1[C@@H]2SC3(CC2Br)C(C(=O)N(CC=C)CCCCC)N(CCO)C(=O)[C@H]13. The fraction of sp³-hybridized carbons (Fsp3) is 0.720. The van der Waals surface area contributed by atoms with Crippen LogP contribution in [0.15, 0.2) is 25.3 Å². The molecule has 0 radical (unpaired) electrons. The number of halogens is 1. The van der Waals surface area contributed by atoms with Crippen LogP contribution in [0.2, 0.25) is 0 Å². The molecule has 3 fully saturated rings. The van der Waals surface area contributed by atoms with Gasteiger partial charge in [0.25, 0.3) is 0 Å². The van der Waals surface area contributed by atoms with Gasteiger partial charge in [0.2, 0.25) is 11.8 Å². The summed E-state index contributed by atoms with van der Waals surface area (Å²) in [6, 6.07) is -0.715. The van der Waals surface area contributed by atoms with E-state index in [9.17, 15) is 19.5 Å². The number of likely N-dealkylation sites (tertiary alicyclic amines) is 1. The van der Waals surface area contributed by atoms with Crippen molar-refractivity contribution in [1.82, 2.24) is 9.80 Å². The van der Waals surface area contributed by atoms with E-state index >= 15 is 0 Å². The molecule has 9 heteroatoms. The van der Waals surface area contributed by atoms with Crippen molar-refractivity contribution >= 4 is 45.5 Å². The smallest absolute Gasteiger partial charge is 0.310 e. The van der Waals surface area contributed by atoms with E-state index in [1.807, 2.05) is 0 Å². The lowest BCUT2D eigenvalue weighted by Gasteiger charge is -2.37. The highest BCUT2D eigenvalue weighted by Crippen LogP contribution is 2.68. The second-order valence-electron chi connectivity index (χ2n) is 9.30. The number of β-amino-alcohol motifs (C(OH)–C–C–N with tert-alkyl or cyclic N) is 1. The first-order chi connectivity index (χ1) is 16.4. The van der Waals surface area contributed by atoms with E-state index in [1.165, 1.54) is 4.90 Å². The first kappa shape index (κ1) is 27.3. The molecule has 2 amide bonds. The molecule has 0 saturated carbocycles. The molecule has 190 valence electrons. The number of carbonyl (C=O) groups excluding carboxylic acids is 3. The van der Waals surface area contributed by atoms with E-state index in [4.69, 9.17) is 4.74 Å². The number of allylic oxidation sites excluding steroid dienone is 1. The number of alkyl halides is 1. The van der Waals surface area contributed by atoms with Crippen molar-refractivity contribution in [3.05, 3.63) is 25.3 Å². The molecular weight excluding hydrogens is 520 g/mol. The molecule has 0 aromatic heterocycles. The number of carbonyl (C=O) groups is 3. The number of thioether (sulfide) groups is 1. The van der Waals surface area contributed by atoms with Crippen LogP contribution in [-0.2, 0) is 19.1 Å². The Bertz CT molecular complexity index is 795. The minimum atomic E-state index is -0.715. The van der Waals surface area contributed by atoms with Crippen LogP contribution in [0.5, 0.6) is 0 Å². The van der Waals surface area contributed by atoms with Crippen molar-refractivity contribution in [2.75, 3.05) is 32.8 Å². The van der Waals surface area contributed by atoms with Crippen molar-refractivity contribution in [1.29, 1.82) is 0 Å². The standard InChI is InChI=1S/C25H37BrN2O5S/c1-4-7-9-12-27(11-6-3)23(31)21-25-16-17(26)20(34-25)18(24(32)33-15-10-8-5-2)19(25)22(30)28(21)13-14-29/h5-6,17-21,29H,2-4,7-16H2,1H3/t17?,18-,19+,20-,21?,25?/m1/s1. The number of aliphatic hydroxyl groups is 1. The van der Waals surface area contributed by atoms with Crippen LogP contribution in [0.25, 0.3) is 0 Å². The minimum Gasteiger partial charge on any atom is -0.465 e. The molecule has 3 rings (SSSR count). The number of aliphatic hydroxyl groups excluding tert-OH is 1. The van der Waals surface area contributed by atoms with Crippen LogP contribution in [0, 0.1) is 11.8 Å². The quantitative estimate of drug-likeness (QED) is 0.153. The van der Waals surface area contributed by atoms with Crippen molar-refractivity contribution in [3.63, 3.8) is 0 Å². The van der Waals surface area contributed by atoms with Gasteiger partial charge in [-0.25, -0.2) is 0 Å². The molecule has 6 atom stereocenters. The number of nitrogens with zero attached hydrogens (tertiary/aromatic N) is 2. The number of esters is 1. The summed E-state index contributed by atoms with van der Waals surface area (Å²) in [4.78, 5) is 44.1. The van der Waals surface area contributed by atoms with E-state index in [0.717, 1.165) is 25.7 Å². The van der Waals surface area contributed by atoms with Crippen LogP contribution >= 0.6 is 27.7 Å². The molecule has 7 nitrogen and oxygen atoms in total. The van der Waals surface area contributed by atoms with E-state index in [-0.39, 0.29) is 47.6 Å². The Morgan fingerprint density at radius 1 is 1.32 bits per heavy atom. The number of ether oxygens (including phenoxy) is 1. The van der Waals surface area contributed by atoms with E-state index < -0.39 is 22.6 Å². The van der Waals surface area contributed by atoms with Crippen molar-refractivity contribution in [2.24, 2.45) is 11.8 Å². The molecule has 3 unspecified atom stereocenters. The van der Waals surface area contributed by atoms with Crippen LogP contribution in [0.4, 0.5) is 0 Å². The summed E-state index contributed by atoms with van der Waals surface area (Å²) in [6.45, 7) is 10.7. The van der Waals surface area contributed by atoms with Crippen molar-refractivity contribution in [2.45, 2.75) is 66.3 Å². The van der Waals surface area contributed by atoms with Gasteiger partial charge in [-0.2, -0.15) is 0 Å². The summed E-state index contributed by atoms with van der Waals surface area (Å²) >= 11 is 5.33. The Balaban J connectivity index is 1.91. The van der Waals surface area contributed by atoms with Crippen LogP contribution in [0.3, 0.4) is 0 Å². The summed E-state index contributed by atoms with van der Waals surface area (Å²) in [7, 11) is 0. The normalized spacial score (nSPS) is 31.4. The third kappa shape index (κ3) is 4.98. The number of fused-ring (bicyclic) bond motifs is 1. The van der Waals surface area contributed by atoms with Gasteiger partial charge in [0.15, 0.2) is 0 Å². The lowest BCUT2D eigenvalue weighted by molar-refractivity contribution is -0.154. The van der Waals surface area contributed by atoms with Crippen LogP contribution in [0.1, 0.15) is 45.4 Å². The van der Waals surface area contributed by atoms with Gasteiger partial charge in [-0.05, 0) is 25.7 Å². The highest BCUT2D eigenvalue weighted by Gasteiger charge is 2.76. The summed E-state index contributed by atoms with van der Waals surface area (Å²) < 4.78 is 4.86. The van der Waals surface area contributed by atoms with Gasteiger partial charge in [-0.1, -0.05) is 47.8 Å². The molecule has 0 aromatic carbocycles. The molecule has 1 spiro atoms. The molecule has 0 aliphatic carbocycles. The topological polar surface area (TPSA) is 87.2 Å². The fourth-order valence-electron chi connectivity index (χ4n) is 5.70. The Kier molecular flexibility index (Phi) is 9.69. The van der Waals surface area contributed by atoms with Gasteiger partial charge >= 0.3 is 5.97 Å². The Hall–Kier alpha value is -1.32. The number of amides is 2. The average molecular weight is 558 g/mol. The number of rotatable bonds is 14. The zero-order chi connectivity index (χ0) is 24.9. The third-order valence-electron chi connectivity index (χ3n) is 7.13. The number of unbranched alkanes of at least 4 members (excludes halogenated alkanes) is 3. The van der Waals surface area contributed by atoms with Gasteiger partial charge in [0, 0.05) is 29.7 Å². The van der Waals surface area contributed by atoms with E-state index in [1.54, 1.807) is 28.8 Å². The second-order valence-corrected chi connectivity index (χ2v) is 12.0. The molecule has 1 N–H and O–H groups in total. The Morgan fingerprint density at radius 2 is 2.09 bits per heavy atom. The molecule has 3 saturated heterocycles. The number of hydrogen-bond donors (Lipinski definition) is 1. The van der Waals surface area contributed by atoms with E-state index in [2.05, 4.69) is 36.0 Å². The fourth-order valence-corrected chi connectivity index (χ4v) is 9.29. The minimum absolute atomic E-state index is 0.00426. The van der Waals surface area contributed by atoms with Crippen molar-refractivity contribution < 1.29 is 24.2 Å². The van der Waals surface area contributed by atoms with Crippen LogP contribution < -0.4 is 0 Å². The average Bonchev–Trinajstić information content (AvgIpc) is 3.40. The summed E-state index contributed by atoms with van der Waals surface area (Å²) in [6.07, 6.45) is 8.48. The first-order valence-electron chi connectivity index (χ1n) is 12.3. The summed E-state index contributed by atoms with van der Waals surface area (Å²) in [5.74, 6) is -1.93. The number of hydrogen-bond acceptors (Lipinski definition) is 6. The highest BCUT2D eigenvalue weighted by molar-refractivity contribution is 9.09. The van der Waals surface area contributed by atoms with Crippen molar-refractivity contribution in [3.8, 4) is 0 Å². The molecule has 34 heavy (non-hydrogen) atoms. The predicted molar refractivity (Wildman–Crippen MR) is 138 cm³/mol. The maximum absolute atomic E-state index is 14.0. The molecule has 3 aliphatic rings. The Morgan fingerprint density at radius 3 is 2.74 bits per heavy atom. The Labute approximate surface area is 215 Å². The molecule has 2 bridgehead atoms. The van der Waals surface area contributed by atoms with Gasteiger partial charge in [-0.3, -0.25) is 14.4 Å². The molecule has 0 aromatic rings. The molecule has 3 aliphatic heterocycles. The maximum Gasteiger partial charge on any atom is 0.310 e. The molecular formula is C25H37BrN2O5S. The largest absolute Gasteiger partial charge is 0.465 e. The van der Waals surface area contributed by atoms with Crippen LogP contribution in [-0.4, -0.2) is 86.4 Å². The van der Waals surface area contributed by atoms with E-state index in [0.29, 0.717) is 25.9 Å². The van der Waals surface area contributed by atoms with Gasteiger partial charge in [-0.15, -0.1) is 24.9 Å². The second kappa shape index (κ2) is 12.1. The third-order valence-corrected chi connectivity index (χ3v) is 10.3. The summed E-state index contributed by atoms with van der Waals surface area (Å²) in [5.41, 5.74) is 0. The lowest BCUT2D eigenvalue weighted by Crippen LogP contribution is -2.55. The predicted octanol–water partition coefficient (Wildman–Crippen LogP) is 3.16. The summed E-state index contributed by atoms with van der Waals surface area (Å²) in [5, 5.41) is 9.61. The van der Waals surface area contributed by atoms with Gasteiger partial charge in [0.1, 0.15) is 6.04 Å². The van der Waals surface area contributed by atoms with Gasteiger partial charge < -0.3 is 19.6 Å². The zero-order valence-electron chi connectivity index (χ0n) is 20.0. The first-order valence-corrected chi connectivity index (χ1v) is 14.1. The zero-order valence-corrected chi connectivity index (χ0v) is 22.4. The highest BCUT2D eigenvalue weighted by atomic mass is 79.9. The monoisotopic (exact) mass is 556 g/mol. The molecule has 3 heterocycles. The maximum atomic E-state index is 14.0. The lowest BCUT2D eigenvalue weighted by atomic mass is 9.71. The van der Waals surface area contributed by atoms with Gasteiger partial charge in [0.05, 0.1) is 29.8 Å².